The first kappa shape index (κ1) is 11.3. The zero-order chi connectivity index (χ0) is 12.6. The van der Waals surface area contributed by atoms with Crippen LogP contribution < -0.4 is 5.73 Å². The van der Waals surface area contributed by atoms with E-state index >= 15 is 0 Å². The third-order valence-electron chi connectivity index (χ3n) is 2.73. The lowest BCUT2D eigenvalue weighted by atomic mass is 10.00. The molecule has 1 heterocycles. The highest BCUT2D eigenvalue weighted by Crippen LogP contribution is 2.29. The number of nitrogens with two attached hydrogens (primary N) is 1. The van der Waals surface area contributed by atoms with Crippen molar-refractivity contribution >= 4 is 12.1 Å². The molecule has 88 valence electrons. The molecule has 2 N–H and O–H groups in total. The van der Waals surface area contributed by atoms with Crippen LogP contribution in [0.1, 0.15) is 15.9 Å². The first-order valence-corrected chi connectivity index (χ1v) is 5.07. The predicted octanol–water partition coefficient (Wildman–Crippen LogP) is 1.93. The Morgan fingerprint density at radius 2 is 2.12 bits per heavy atom. The normalized spacial score (nSPS) is 10.5. The van der Waals surface area contributed by atoms with Crippen LogP contribution in [0.4, 0.5) is 10.2 Å². The molecule has 5 heteroatoms. The molecule has 17 heavy (non-hydrogen) atoms. The molecule has 0 radical (unpaired) electrons. The molecule has 4 nitrogen and oxygen atoms in total. The highest BCUT2D eigenvalue weighted by atomic mass is 19.1. The van der Waals surface area contributed by atoms with Crippen molar-refractivity contribution in [2.45, 2.75) is 6.92 Å². The van der Waals surface area contributed by atoms with Crippen LogP contribution in [0.2, 0.25) is 0 Å². The van der Waals surface area contributed by atoms with Crippen LogP contribution >= 0.6 is 0 Å². The van der Waals surface area contributed by atoms with Gasteiger partial charge in [0.2, 0.25) is 0 Å². The quantitative estimate of drug-likeness (QED) is 0.806. The predicted molar refractivity (Wildman–Crippen MR) is 63.1 cm³/mol. The number of anilines is 1. The van der Waals surface area contributed by atoms with Crippen molar-refractivity contribution < 1.29 is 9.18 Å². The molecule has 0 aliphatic heterocycles. The number of carbonyl (C=O) groups excluding carboxylic acids is 1. The summed E-state index contributed by atoms with van der Waals surface area (Å²) in [6.45, 7) is 1.61. The van der Waals surface area contributed by atoms with Crippen LogP contribution in [0, 0.1) is 12.7 Å². The van der Waals surface area contributed by atoms with E-state index in [-0.39, 0.29) is 5.82 Å². The molecule has 2 aromatic rings. The zero-order valence-electron chi connectivity index (χ0n) is 9.57. The number of aldehydes is 1. The molecule has 1 aromatic carbocycles. The largest absolute Gasteiger partial charge is 0.383 e. The van der Waals surface area contributed by atoms with E-state index in [9.17, 15) is 9.18 Å². The zero-order valence-corrected chi connectivity index (χ0v) is 9.57. The molecule has 0 unspecified atom stereocenters. The van der Waals surface area contributed by atoms with Crippen LogP contribution in [0.5, 0.6) is 0 Å². The number of halogens is 1. The maximum absolute atomic E-state index is 13.5. The monoisotopic (exact) mass is 233 g/mol. The Labute approximate surface area is 97.9 Å². The molecule has 0 bridgehead atoms. The summed E-state index contributed by atoms with van der Waals surface area (Å²) in [6.07, 6.45) is 2.21. The first-order chi connectivity index (χ1) is 8.04. The minimum Gasteiger partial charge on any atom is -0.383 e. The fourth-order valence-electron chi connectivity index (χ4n) is 1.69. The molecule has 0 atom stereocenters. The van der Waals surface area contributed by atoms with Crippen molar-refractivity contribution in [3.05, 3.63) is 35.3 Å². The minimum atomic E-state index is -0.367. The molecule has 0 aliphatic rings. The third kappa shape index (κ3) is 1.80. The number of benzene rings is 1. The molecule has 0 aliphatic carbocycles. The van der Waals surface area contributed by atoms with Gasteiger partial charge >= 0.3 is 0 Å². The van der Waals surface area contributed by atoms with Gasteiger partial charge in [0.05, 0.1) is 6.20 Å². The van der Waals surface area contributed by atoms with Gasteiger partial charge in [0, 0.05) is 23.7 Å². The average Bonchev–Trinajstić information content (AvgIpc) is 2.63. The summed E-state index contributed by atoms with van der Waals surface area (Å²) in [6, 6.07) is 2.82. The maximum atomic E-state index is 13.5. The fourth-order valence-corrected chi connectivity index (χ4v) is 1.69. The minimum absolute atomic E-state index is 0.367. The van der Waals surface area contributed by atoms with E-state index in [0.29, 0.717) is 34.4 Å². The van der Waals surface area contributed by atoms with Gasteiger partial charge in [0.25, 0.3) is 0 Å². The lowest BCUT2D eigenvalue weighted by Gasteiger charge is -2.06. The van der Waals surface area contributed by atoms with E-state index in [2.05, 4.69) is 5.10 Å². The molecule has 0 saturated heterocycles. The Balaban J connectivity index is 2.70. The van der Waals surface area contributed by atoms with E-state index in [1.165, 1.54) is 23.0 Å². The number of nitrogen functional groups attached to an aromatic ring is 1. The van der Waals surface area contributed by atoms with Crippen molar-refractivity contribution in [3.63, 3.8) is 0 Å². The Morgan fingerprint density at radius 3 is 2.65 bits per heavy atom. The summed E-state index contributed by atoms with van der Waals surface area (Å²) in [7, 11) is 1.68. The van der Waals surface area contributed by atoms with E-state index in [1.807, 2.05) is 0 Å². The molecular weight excluding hydrogens is 221 g/mol. The van der Waals surface area contributed by atoms with E-state index in [1.54, 1.807) is 14.0 Å². The van der Waals surface area contributed by atoms with Gasteiger partial charge in [-0.3, -0.25) is 9.48 Å². The van der Waals surface area contributed by atoms with Crippen molar-refractivity contribution in [1.82, 2.24) is 9.78 Å². The van der Waals surface area contributed by atoms with Crippen LogP contribution in [-0.2, 0) is 7.05 Å². The summed E-state index contributed by atoms with van der Waals surface area (Å²) in [5.41, 5.74) is 7.67. The van der Waals surface area contributed by atoms with Gasteiger partial charge in [-0.05, 0) is 24.6 Å². The summed E-state index contributed by atoms with van der Waals surface area (Å²) < 4.78 is 15.0. The van der Waals surface area contributed by atoms with Gasteiger partial charge in [-0.25, -0.2) is 4.39 Å². The van der Waals surface area contributed by atoms with Crippen molar-refractivity contribution in [2.75, 3.05) is 5.73 Å². The Morgan fingerprint density at radius 1 is 1.41 bits per heavy atom. The fraction of sp³-hybridized carbons (Fsp3) is 0.167. The maximum Gasteiger partial charge on any atom is 0.150 e. The van der Waals surface area contributed by atoms with E-state index in [4.69, 9.17) is 5.73 Å². The Kier molecular flexibility index (Phi) is 2.67. The van der Waals surface area contributed by atoms with E-state index in [0.717, 1.165) is 0 Å². The number of hydrogen-bond acceptors (Lipinski definition) is 3. The summed E-state index contributed by atoms with van der Waals surface area (Å²) in [4.78, 5) is 11.0. The molecule has 1 aromatic heterocycles. The van der Waals surface area contributed by atoms with Gasteiger partial charge in [0.15, 0.2) is 6.29 Å². The highest BCUT2D eigenvalue weighted by molar-refractivity contribution is 5.90. The summed E-state index contributed by atoms with van der Waals surface area (Å²) >= 11 is 0. The second-order valence-electron chi connectivity index (χ2n) is 3.87. The number of carbonyl (C=O) groups is 1. The second-order valence-corrected chi connectivity index (χ2v) is 3.87. The van der Waals surface area contributed by atoms with Gasteiger partial charge in [-0.15, -0.1) is 0 Å². The van der Waals surface area contributed by atoms with E-state index < -0.39 is 0 Å². The number of aromatic nitrogens is 2. The lowest BCUT2D eigenvalue weighted by Crippen LogP contribution is -1.99. The number of hydrogen-bond donors (Lipinski definition) is 1. The summed E-state index contributed by atoms with van der Waals surface area (Å²) in [5.74, 6) is 0.0326. The van der Waals surface area contributed by atoms with Crippen LogP contribution in [-0.4, -0.2) is 16.1 Å². The molecular formula is C12H12FN3O. The SMILES string of the molecule is Cc1cc(C=O)c(-c2cnn(C)c2N)cc1F. The Bertz CT molecular complexity index is 590. The van der Waals surface area contributed by atoms with Crippen LogP contribution in [0.3, 0.4) is 0 Å². The average molecular weight is 233 g/mol. The molecule has 0 amide bonds. The second kappa shape index (κ2) is 4.01. The molecule has 2 rings (SSSR count). The van der Waals surface area contributed by atoms with Crippen LogP contribution in [0.15, 0.2) is 18.3 Å². The van der Waals surface area contributed by atoms with Gasteiger partial charge < -0.3 is 5.73 Å². The number of rotatable bonds is 2. The summed E-state index contributed by atoms with van der Waals surface area (Å²) in [5, 5.41) is 3.97. The molecule has 0 spiro atoms. The number of aryl methyl sites for hydroxylation is 2. The third-order valence-corrected chi connectivity index (χ3v) is 2.73. The Hall–Kier alpha value is -2.17. The van der Waals surface area contributed by atoms with Crippen molar-refractivity contribution in [3.8, 4) is 11.1 Å². The smallest absolute Gasteiger partial charge is 0.150 e. The molecule has 0 fully saturated rings. The lowest BCUT2D eigenvalue weighted by molar-refractivity contribution is 0.112. The highest BCUT2D eigenvalue weighted by Gasteiger charge is 2.14. The topological polar surface area (TPSA) is 60.9 Å². The van der Waals surface area contributed by atoms with Crippen LogP contribution in [0.25, 0.3) is 11.1 Å². The van der Waals surface area contributed by atoms with Gasteiger partial charge in [-0.2, -0.15) is 5.10 Å². The number of nitrogens with zero attached hydrogens (tertiary/aromatic N) is 2. The van der Waals surface area contributed by atoms with Crippen molar-refractivity contribution in [1.29, 1.82) is 0 Å². The van der Waals surface area contributed by atoms with Crippen molar-refractivity contribution in [2.24, 2.45) is 7.05 Å². The standard InChI is InChI=1S/C12H12FN3O/c1-7-3-8(6-17)9(4-11(7)13)10-5-15-16(2)12(10)14/h3-6H,14H2,1-2H3. The van der Waals surface area contributed by atoms with Gasteiger partial charge in [-0.1, -0.05) is 0 Å². The van der Waals surface area contributed by atoms with Gasteiger partial charge in [0.1, 0.15) is 11.6 Å². The first-order valence-electron chi connectivity index (χ1n) is 5.07. The molecule has 0 saturated carbocycles.